The third-order valence-corrected chi connectivity index (χ3v) is 3.61. The SMILES string of the molecule is CNC(c1cccc(Cl)c1)c1ccc2c(c1)OCCO2. The first kappa shape index (κ1) is 13.3. The van der Waals surface area contributed by atoms with Gasteiger partial charge in [-0.25, -0.2) is 0 Å². The molecule has 2 aromatic rings. The van der Waals surface area contributed by atoms with Crippen LogP contribution in [0.4, 0.5) is 0 Å². The predicted octanol–water partition coefficient (Wildman–Crippen LogP) is 3.42. The second kappa shape index (κ2) is 5.73. The Morgan fingerprint density at radius 3 is 2.50 bits per heavy atom. The Morgan fingerprint density at radius 1 is 1.00 bits per heavy atom. The molecule has 1 N–H and O–H groups in total. The molecular formula is C16H16ClNO2. The highest BCUT2D eigenvalue weighted by molar-refractivity contribution is 6.30. The van der Waals surface area contributed by atoms with E-state index in [1.165, 1.54) is 0 Å². The van der Waals surface area contributed by atoms with Crippen molar-refractivity contribution in [1.82, 2.24) is 5.32 Å². The molecule has 0 saturated heterocycles. The quantitative estimate of drug-likeness (QED) is 0.939. The minimum atomic E-state index is 0.0736. The zero-order valence-electron chi connectivity index (χ0n) is 11.2. The van der Waals surface area contributed by atoms with E-state index < -0.39 is 0 Å². The van der Waals surface area contributed by atoms with Gasteiger partial charge in [0, 0.05) is 5.02 Å². The largest absolute Gasteiger partial charge is 0.486 e. The summed E-state index contributed by atoms with van der Waals surface area (Å²) in [5, 5.41) is 4.05. The highest BCUT2D eigenvalue weighted by Crippen LogP contribution is 2.34. The molecule has 0 saturated carbocycles. The summed E-state index contributed by atoms with van der Waals surface area (Å²) < 4.78 is 11.2. The van der Waals surface area contributed by atoms with Crippen LogP contribution in [0, 0.1) is 0 Å². The Hall–Kier alpha value is -1.71. The molecule has 0 fully saturated rings. The van der Waals surface area contributed by atoms with Gasteiger partial charge in [-0.1, -0.05) is 29.8 Å². The number of fused-ring (bicyclic) bond motifs is 1. The maximum Gasteiger partial charge on any atom is 0.161 e. The molecule has 0 aliphatic carbocycles. The molecular weight excluding hydrogens is 274 g/mol. The second-order valence-electron chi connectivity index (χ2n) is 4.68. The van der Waals surface area contributed by atoms with Crippen LogP contribution in [-0.2, 0) is 0 Å². The molecule has 20 heavy (non-hydrogen) atoms. The lowest BCUT2D eigenvalue weighted by Gasteiger charge is -2.22. The van der Waals surface area contributed by atoms with Gasteiger partial charge in [0.2, 0.25) is 0 Å². The Kier molecular flexibility index (Phi) is 3.81. The molecule has 0 aromatic heterocycles. The Morgan fingerprint density at radius 2 is 1.75 bits per heavy atom. The first-order chi connectivity index (χ1) is 9.78. The Balaban J connectivity index is 1.97. The van der Waals surface area contributed by atoms with Crippen LogP contribution in [0.25, 0.3) is 0 Å². The third kappa shape index (κ3) is 2.60. The zero-order valence-corrected chi connectivity index (χ0v) is 12.0. The molecule has 104 valence electrons. The molecule has 0 radical (unpaired) electrons. The third-order valence-electron chi connectivity index (χ3n) is 3.37. The van der Waals surface area contributed by atoms with Crippen LogP contribution >= 0.6 is 11.6 Å². The molecule has 1 unspecified atom stereocenters. The minimum absolute atomic E-state index is 0.0736. The second-order valence-corrected chi connectivity index (χ2v) is 5.12. The fourth-order valence-electron chi connectivity index (χ4n) is 2.45. The van der Waals surface area contributed by atoms with Crippen LogP contribution < -0.4 is 14.8 Å². The van der Waals surface area contributed by atoms with Crippen molar-refractivity contribution in [1.29, 1.82) is 0 Å². The summed E-state index contributed by atoms with van der Waals surface area (Å²) in [6, 6.07) is 14.0. The van der Waals surface area contributed by atoms with Gasteiger partial charge in [-0.15, -0.1) is 0 Å². The summed E-state index contributed by atoms with van der Waals surface area (Å²) in [6.45, 7) is 1.20. The van der Waals surface area contributed by atoms with E-state index in [2.05, 4.69) is 17.4 Å². The standard InChI is InChI=1S/C16H16ClNO2/c1-18-16(11-3-2-4-13(17)9-11)12-5-6-14-15(10-12)20-8-7-19-14/h2-6,9-10,16,18H,7-8H2,1H3. The molecule has 2 aromatic carbocycles. The topological polar surface area (TPSA) is 30.5 Å². The summed E-state index contributed by atoms with van der Waals surface area (Å²) >= 11 is 6.08. The van der Waals surface area contributed by atoms with E-state index in [0.717, 1.165) is 27.6 Å². The van der Waals surface area contributed by atoms with Gasteiger partial charge in [0.15, 0.2) is 11.5 Å². The van der Waals surface area contributed by atoms with Crippen molar-refractivity contribution in [3.8, 4) is 11.5 Å². The van der Waals surface area contributed by atoms with E-state index in [1.807, 2.05) is 37.4 Å². The van der Waals surface area contributed by atoms with Crippen LogP contribution in [0.2, 0.25) is 5.02 Å². The number of nitrogens with one attached hydrogen (secondary N) is 1. The maximum absolute atomic E-state index is 6.08. The Bertz CT molecular complexity index is 615. The van der Waals surface area contributed by atoms with E-state index in [4.69, 9.17) is 21.1 Å². The summed E-state index contributed by atoms with van der Waals surface area (Å²) in [4.78, 5) is 0. The van der Waals surface area contributed by atoms with Gasteiger partial charge in [0.1, 0.15) is 13.2 Å². The molecule has 4 heteroatoms. The van der Waals surface area contributed by atoms with E-state index in [1.54, 1.807) is 0 Å². The number of hydrogen-bond acceptors (Lipinski definition) is 3. The molecule has 3 rings (SSSR count). The van der Waals surface area contributed by atoms with E-state index in [-0.39, 0.29) is 6.04 Å². The summed E-state index contributed by atoms with van der Waals surface area (Å²) in [5.41, 5.74) is 2.25. The van der Waals surface area contributed by atoms with Gasteiger partial charge in [0.05, 0.1) is 6.04 Å². The van der Waals surface area contributed by atoms with Crippen molar-refractivity contribution >= 4 is 11.6 Å². The Labute approximate surface area is 123 Å². The molecule has 1 aliphatic heterocycles. The number of benzene rings is 2. The molecule has 1 atom stereocenters. The average Bonchev–Trinajstić information content (AvgIpc) is 2.48. The van der Waals surface area contributed by atoms with E-state index in [0.29, 0.717) is 13.2 Å². The highest BCUT2D eigenvalue weighted by atomic mass is 35.5. The summed E-state index contributed by atoms with van der Waals surface area (Å²) in [7, 11) is 1.93. The lowest BCUT2D eigenvalue weighted by molar-refractivity contribution is 0.171. The van der Waals surface area contributed by atoms with Gasteiger partial charge in [-0.2, -0.15) is 0 Å². The lowest BCUT2D eigenvalue weighted by Crippen LogP contribution is -2.19. The van der Waals surface area contributed by atoms with E-state index in [9.17, 15) is 0 Å². The van der Waals surface area contributed by atoms with Crippen LogP contribution in [0.1, 0.15) is 17.2 Å². The van der Waals surface area contributed by atoms with Crippen molar-refractivity contribution < 1.29 is 9.47 Å². The van der Waals surface area contributed by atoms with Crippen molar-refractivity contribution in [2.75, 3.05) is 20.3 Å². The molecule has 0 amide bonds. The fraction of sp³-hybridized carbons (Fsp3) is 0.250. The van der Waals surface area contributed by atoms with E-state index >= 15 is 0 Å². The smallest absolute Gasteiger partial charge is 0.161 e. The number of hydrogen-bond donors (Lipinski definition) is 1. The first-order valence-electron chi connectivity index (χ1n) is 6.60. The zero-order chi connectivity index (χ0) is 13.9. The summed E-state index contributed by atoms with van der Waals surface area (Å²) in [6.07, 6.45) is 0. The van der Waals surface area contributed by atoms with Crippen LogP contribution in [0.5, 0.6) is 11.5 Å². The number of rotatable bonds is 3. The van der Waals surface area contributed by atoms with Crippen LogP contribution in [0.15, 0.2) is 42.5 Å². The average molecular weight is 290 g/mol. The van der Waals surface area contributed by atoms with Crippen LogP contribution in [-0.4, -0.2) is 20.3 Å². The lowest BCUT2D eigenvalue weighted by atomic mass is 9.98. The monoisotopic (exact) mass is 289 g/mol. The number of ether oxygens (including phenoxy) is 2. The molecule has 1 aliphatic rings. The van der Waals surface area contributed by atoms with Crippen molar-refractivity contribution in [2.24, 2.45) is 0 Å². The molecule has 0 bridgehead atoms. The highest BCUT2D eigenvalue weighted by Gasteiger charge is 2.17. The van der Waals surface area contributed by atoms with Gasteiger partial charge in [0.25, 0.3) is 0 Å². The van der Waals surface area contributed by atoms with Gasteiger partial charge >= 0.3 is 0 Å². The van der Waals surface area contributed by atoms with Crippen molar-refractivity contribution in [3.63, 3.8) is 0 Å². The maximum atomic E-state index is 6.08. The number of halogens is 1. The fourth-order valence-corrected chi connectivity index (χ4v) is 2.65. The predicted molar refractivity (Wildman–Crippen MR) is 79.8 cm³/mol. The first-order valence-corrected chi connectivity index (χ1v) is 6.98. The van der Waals surface area contributed by atoms with Gasteiger partial charge < -0.3 is 14.8 Å². The normalized spacial score (nSPS) is 14.9. The van der Waals surface area contributed by atoms with Crippen molar-refractivity contribution in [3.05, 3.63) is 58.6 Å². The molecule has 0 spiro atoms. The van der Waals surface area contributed by atoms with Crippen molar-refractivity contribution in [2.45, 2.75) is 6.04 Å². The van der Waals surface area contributed by atoms with Crippen LogP contribution in [0.3, 0.4) is 0 Å². The molecule has 3 nitrogen and oxygen atoms in total. The van der Waals surface area contributed by atoms with Gasteiger partial charge in [-0.3, -0.25) is 0 Å². The molecule has 1 heterocycles. The van der Waals surface area contributed by atoms with Gasteiger partial charge in [-0.05, 0) is 42.4 Å². The minimum Gasteiger partial charge on any atom is -0.486 e. The summed E-state index contributed by atoms with van der Waals surface area (Å²) in [5.74, 6) is 1.61.